The maximum absolute atomic E-state index is 4.22. The third-order valence-corrected chi connectivity index (χ3v) is 2.23. The normalized spacial score (nSPS) is 10.8. The summed E-state index contributed by atoms with van der Waals surface area (Å²) in [6, 6.07) is 6.34. The van der Waals surface area contributed by atoms with Gasteiger partial charge in [0.15, 0.2) is 0 Å². The van der Waals surface area contributed by atoms with Crippen LogP contribution < -0.4 is 0 Å². The summed E-state index contributed by atoms with van der Waals surface area (Å²) >= 11 is 0. The third-order valence-electron chi connectivity index (χ3n) is 2.23. The van der Waals surface area contributed by atoms with E-state index in [0.717, 1.165) is 6.42 Å². The third kappa shape index (κ3) is 0.916. The van der Waals surface area contributed by atoms with Crippen LogP contribution in [0.5, 0.6) is 0 Å². The number of rotatable bonds is 1. The topological polar surface area (TPSA) is 17.8 Å². The van der Waals surface area contributed by atoms with E-state index in [4.69, 9.17) is 0 Å². The molecule has 0 bridgehead atoms. The lowest BCUT2D eigenvalue weighted by atomic mass is 10.1. The van der Waals surface area contributed by atoms with E-state index in [9.17, 15) is 0 Å². The molecule has 0 spiro atoms. The maximum Gasteiger partial charge on any atom is 0.0710 e. The first kappa shape index (κ1) is 7.35. The van der Waals surface area contributed by atoms with E-state index >= 15 is 0 Å². The van der Waals surface area contributed by atoms with E-state index in [1.807, 2.05) is 17.9 Å². The fourth-order valence-corrected chi connectivity index (χ4v) is 1.60. The highest BCUT2D eigenvalue weighted by molar-refractivity contribution is 5.81. The summed E-state index contributed by atoms with van der Waals surface area (Å²) in [6.45, 7) is 2.17. The average molecular weight is 160 g/mol. The number of para-hydroxylation sites is 1. The Morgan fingerprint density at radius 2 is 2.25 bits per heavy atom. The van der Waals surface area contributed by atoms with Crippen molar-refractivity contribution in [2.45, 2.75) is 13.3 Å². The summed E-state index contributed by atoms with van der Waals surface area (Å²) in [6.07, 6.45) is 2.98. The first-order valence-electron chi connectivity index (χ1n) is 4.22. The van der Waals surface area contributed by atoms with Crippen molar-refractivity contribution in [3.63, 3.8) is 0 Å². The Kier molecular flexibility index (Phi) is 1.61. The quantitative estimate of drug-likeness (QED) is 0.625. The molecular weight excluding hydrogens is 148 g/mol. The van der Waals surface area contributed by atoms with Crippen molar-refractivity contribution in [2.24, 2.45) is 7.05 Å². The molecule has 0 radical (unpaired) electrons. The first-order valence-corrected chi connectivity index (χ1v) is 4.22. The predicted octanol–water partition coefficient (Wildman–Crippen LogP) is 2.14. The number of fused-ring (bicyclic) bond motifs is 1. The van der Waals surface area contributed by atoms with Crippen molar-refractivity contribution in [1.82, 2.24) is 9.78 Å². The highest BCUT2D eigenvalue weighted by atomic mass is 15.2. The summed E-state index contributed by atoms with van der Waals surface area (Å²) in [7, 11) is 1.99. The van der Waals surface area contributed by atoms with Gasteiger partial charge in [0, 0.05) is 12.4 Å². The average Bonchev–Trinajstić information content (AvgIpc) is 2.48. The summed E-state index contributed by atoms with van der Waals surface area (Å²) in [5, 5.41) is 5.45. The molecule has 1 heterocycles. The van der Waals surface area contributed by atoms with Gasteiger partial charge in [-0.2, -0.15) is 5.10 Å². The highest BCUT2D eigenvalue weighted by Gasteiger charge is 2.02. The van der Waals surface area contributed by atoms with Crippen LogP contribution in [0.25, 0.3) is 10.9 Å². The van der Waals surface area contributed by atoms with Crippen molar-refractivity contribution in [3.8, 4) is 0 Å². The number of hydrogen-bond acceptors (Lipinski definition) is 1. The number of benzene rings is 1. The summed E-state index contributed by atoms with van der Waals surface area (Å²) < 4.78 is 1.94. The Morgan fingerprint density at radius 1 is 1.42 bits per heavy atom. The van der Waals surface area contributed by atoms with Crippen molar-refractivity contribution in [1.29, 1.82) is 0 Å². The van der Waals surface area contributed by atoms with Gasteiger partial charge >= 0.3 is 0 Å². The van der Waals surface area contributed by atoms with Gasteiger partial charge < -0.3 is 0 Å². The lowest BCUT2D eigenvalue weighted by Gasteiger charge is -2.00. The van der Waals surface area contributed by atoms with Crippen LogP contribution in [-0.2, 0) is 13.5 Å². The second-order valence-electron chi connectivity index (χ2n) is 2.98. The molecule has 0 unspecified atom stereocenters. The van der Waals surface area contributed by atoms with Crippen molar-refractivity contribution in [3.05, 3.63) is 30.0 Å². The molecule has 0 aliphatic heterocycles. The van der Waals surface area contributed by atoms with Crippen LogP contribution in [0.1, 0.15) is 12.5 Å². The Morgan fingerprint density at radius 3 is 3.00 bits per heavy atom. The molecule has 0 atom stereocenters. The molecular formula is C10H12N2. The molecule has 0 saturated heterocycles. The Bertz CT molecular complexity index is 401. The van der Waals surface area contributed by atoms with E-state index in [2.05, 4.69) is 30.2 Å². The largest absolute Gasteiger partial charge is 0.268 e. The summed E-state index contributed by atoms with van der Waals surface area (Å²) in [5.41, 5.74) is 2.63. The Balaban J connectivity index is 2.84. The lowest BCUT2D eigenvalue weighted by Crippen LogP contribution is -1.92. The molecule has 0 N–H and O–H groups in total. The zero-order chi connectivity index (χ0) is 8.55. The smallest absolute Gasteiger partial charge is 0.0710 e. The molecule has 2 nitrogen and oxygen atoms in total. The highest BCUT2D eigenvalue weighted by Crippen LogP contribution is 2.17. The molecule has 12 heavy (non-hydrogen) atoms. The molecule has 0 saturated carbocycles. The second kappa shape index (κ2) is 2.63. The van der Waals surface area contributed by atoms with Crippen LogP contribution in [0, 0.1) is 0 Å². The Labute approximate surface area is 71.8 Å². The van der Waals surface area contributed by atoms with Crippen molar-refractivity contribution >= 4 is 10.9 Å². The summed E-state index contributed by atoms with van der Waals surface area (Å²) in [4.78, 5) is 0. The van der Waals surface area contributed by atoms with E-state index in [1.165, 1.54) is 16.5 Å². The molecule has 0 amide bonds. The van der Waals surface area contributed by atoms with E-state index < -0.39 is 0 Å². The molecule has 1 aromatic heterocycles. The maximum atomic E-state index is 4.22. The van der Waals surface area contributed by atoms with Crippen LogP contribution in [0.4, 0.5) is 0 Å². The van der Waals surface area contributed by atoms with Crippen LogP contribution >= 0.6 is 0 Å². The molecule has 0 fully saturated rings. The standard InChI is InChI=1S/C10H12N2/c1-3-8-5-4-6-9-7-11-12(2)10(8)9/h4-7H,3H2,1-2H3. The zero-order valence-electron chi connectivity index (χ0n) is 7.41. The fourth-order valence-electron chi connectivity index (χ4n) is 1.60. The van der Waals surface area contributed by atoms with Crippen LogP contribution in [-0.4, -0.2) is 9.78 Å². The number of aryl methyl sites for hydroxylation is 2. The minimum absolute atomic E-state index is 1.07. The van der Waals surface area contributed by atoms with Crippen molar-refractivity contribution in [2.75, 3.05) is 0 Å². The van der Waals surface area contributed by atoms with Crippen LogP contribution in [0.3, 0.4) is 0 Å². The second-order valence-corrected chi connectivity index (χ2v) is 2.98. The van der Waals surface area contributed by atoms with Gasteiger partial charge in [0.05, 0.1) is 11.7 Å². The van der Waals surface area contributed by atoms with E-state index in [1.54, 1.807) is 0 Å². The molecule has 2 rings (SSSR count). The minimum atomic E-state index is 1.07. The Hall–Kier alpha value is -1.31. The molecule has 0 aliphatic carbocycles. The number of aromatic nitrogens is 2. The molecule has 2 heteroatoms. The van der Waals surface area contributed by atoms with Crippen LogP contribution in [0.15, 0.2) is 24.4 Å². The lowest BCUT2D eigenvalue weighted by molar-refractivity contribution is 0.792. The zero-order valence-corrected chi connectivity index (χ0v) is 7.41. The van der Waals surface area contributed by atoms with Gasteiger partial charge in [-0.05, 0) is 12.0 Å². The van der Waals surface area contributed by atoms with Crippen LogP contribution in [0.2, 0.25) is 0 Å². The number of nitrogens with zero attached hydrogens (tertiary/aromatic N) is 2. The predicted molar refractivity (Wildman–Crippen MR) is 50.1 cm³/mol. The van der Waals surface area contributed by atoms with E-state index in [0.29, 0.717) is 0 Å². The van der Waals surface area contributed by atoms with Gasteiger partial charge in [-0.25, -0.2) is 0 Å². The van der Waals surface area contributed by atoms with Gasteiger partial charge in [-0.1, -0.05) is 25.1 Å². The number of hydrogen-bond donors (Lipinski definition) is 0. The summed E-state index contributed by atoms with van der Waals surface area (Å²) in [5.74, 6) is 0. The van der Waals surface area contributed by atoms with Gasteiger partial charge in [-0.15, -0.1) is 0 Å². The van der Waals surface area contributed by atoms with Crippen molar-refractivity contribution < 1.29 is 0 Å². The fraction of sp³-hybridized carbons (Fsp3) is 0.300. The molecule has 2 aromatic rings. The molecule has 1 aromatic carbocycles. The van der Waals surface area contributed by atoms with Gasteiger partial charge in [-0.3, -0.25) is 4.68 Å². The minimum Gasteiger partial charge on any atom is -0.268 e. The first-order chi connectivity index (χ1) is 5.83. The van der Waals surface area contributed by atoms with Gasteiger partial charge in [0.1, 0.15) is 0 Å². The van der Waals surface area contributed by atoms with E-state index in [-0.39, 0.29) is 0 Å². The van der Waals surface area contributed by atoms with Gasteiger partial charge in [0.2, 0.25) is 0 Å². The SMILES string of the molecule is CCc1cccc2cnn(C)c12. The molecule has 62 valence electrons. The monoisotopic (exact) mass is 160 g/mol. The van der Waals surface area contributed by atoms with Gasteiger partial charge in [0.25, 0.3) is 0 Å². The molecule has 0 aliphatic rings.